The van der Waals surface area contributed by atoms with Gasteiger partial charge in [-0.2, -0.15) is 0 Å². The van der Waals surface area contributed by atoms with Crippen LogP contribution in [0.25, 0.3) is 0 Å². The zero-order valence-corrected chi connectivity index (χ0v) is 9.25. The molecule has 1 aliphatic heterocycles. The quantitative estimate of drug-likeness (QED) is 0.661. The summed E-state index contributed by atoms with van der Waals surface area (Å²) in [5, 5.41) is 0. The first kappa shape index (κ1) is 9.58. The molecule has 1 heterocycles. The Bertz CT molecular complexity index is 505. The second-order valence-corrected chi connectivity index (χ2v) is 4.48. The minimum atomic E-state index is 0.0594. The van der Waals surface area contributed by atoms with Crippen LogP contribution >= 0.6 is 0 Å². The Labute approximate surface area is 94.1 Å². The highest BCUT2D eigenvalue weighted by molar-refractivity contribution is 6.03. The van der Waals surface area contributed by atoms with E-state index in [0.717, 1.165) is 36.2 Å². The first-order valence-corrected chi connectivity index (χ1v) is 5.64. The molecule has 3 rings (SSSR count). The molecule has 0 fully saturated rings. The lowest BCUT2D eigenvalue weighted by Gasteiger charge is -2.15. The summed E-state index contributed by atoms with van der Waals surface area (Å²) in [4.78, 5) is 24.8. The minimum absolute atomic E-state index is 0.0594. The number of benzene rings is 1. The fourth-order valence-corrected chi connectivity index (χ4v) is 2.66. The summed E-state index contributed by atoms with van der Waals surface area (Å²) in [7, 11) is 0. The third kappa shape index (κ3) is 1.21. The van der Waals surface area contributed by atoms with E-state index in [1.807, 2.05) is 6.07 Å². The molecule has 0 saturated heterocycles. The third-order valence-corrected chi connectivity index (χ3v) is 3.50. The van der Waals surface area contributed by atoms with Crippen molar-refractivity contribution in [3.8, 4) is 0 Å². The van der Waals surface area contributed by atoms with Gasteiger partial charge in [-0.05, 0) is 30.0 Å². The van der Waals surface area contributed by atoms with Crippen molar-refractivity contribution in [2.75, 3.05) is 11.4 Å². The Morgan fingerprint density at radius 3 is 2.75 bits per heavy atom. The smallest absolute Gasteiger partial charge is 0.223 e. The second kappa shape index (κ2) is 3.17. The molecular weight excluding hydrogens is 202 g/mol. The van der Waals surface area contributed by atoms with E-state index >= 15 is 0 Å². The van der Waals surface area contributed by atoms with Gasteiger partial charge in [-0.1, -0.05) is 6.07 Å². The number of nitrogens with zero attached hydrogens (tertiary/aromatic N) is 1. The molecule has 2 aliphatic rings. The minimum Gasteiger partial charge on any atom is -0.312 e. The zero-order valence-electron chi connectivity index (χ0n) is 9.25. The van der Waals surface area contributed by atoms with Crippen molar-refractivity contribution in [1.29, 1.82) is 0 Å². The van der Waals surface area contributed by atoms with E-state index in [4.69, 9.17) is 0 Å². The number of Topliss-reactive ketones (excluding diaryl/α,β-unsaturated/α-hetero) is 1. The summed E-state index contributed by atoms with van der Waals surface area (Å²) < 4.78 is 0. The van der Waals surface area contributed by atoms with Gasteiger partial charge in [0, 0.05) is 31.1 Å². The first-order valence-electron chi connectivity index (χ1n) is 5.64. The van der Waals surface area contributed by atoms with Crippen molar-refractivity contribution in [3.05, 3.63) is 28.8 Å². The van der Waals surface area contributed by atoms with Crippen molar-refractivity contribution in [1.82, 2.24) is 0 Å². The van der Waals surface area contributed by atoms with Crippen LogP contribution in [0, 0.1) is 0 Å². The van der Waals surface area contributed by atoms with Crippen molar-refractivity contribution in [3.63, 3.8) is 0 Å². The second-order valence-electron chi connectivity index (χ2n) is 4.48. The summed E-state index contributed by atoms with van der Waals surface area (Å²) in [6.45, 7) is 2.33. The van der Waals surface area contributed by atoms with Gasteiger partial charge in [0.15, 0.2) is 5.78 Å². The van der Waals surface area contributed by atoms with Crippen LogP contribution in [-0.4, -0.2) is 18.2 Å². The first-order chi connectivity index (χ1) is 7.66. The molecule has 82 valence electrons. The Morgan fingerprint density at radius 1 is 1.19 bits per heavy atom. The molecule has 1 aromatic carbocycles. The summed E-state index contributed by atoms with van der Waals surface area (Å²) in [5.41, 5.74) is 4.14. The Kier molecular flexibility index (Phi) is 1.90. The normalized spacial score (nSPS) is 17.6. The molecule has 0 saturated carbocycles. The molecule has 0 N–H and O–H groups in total. The molecule has 3 heteroatoms. The molecule has 16 heavy (non-hydrogen) atoms. The summed E-state index contributed by atoms with van der Waals surface area (Å²) in [6, 6.07) is 4.02. The number of hydrogen-bond donors (Lipinski definition) is 0. The number of anilines is 1. The van der Waals surface area contributed by atoms with Gasteiger partial charge in [0.25, 0.3) is 0 Å². The van der Waals surface area contributed by atoms with Crippen molar-refractivity contribution in [2.24, 2.45) is 0 Å². The van der Waals surface area contributed by atoms with Crippen molar-refractivity contribution < 1.29 is 9.59 Å². The maximum Gasteiger partial charge on any atom is 0.223 e. The molecule has 1 amide bonds. The third-order valence-electron chi connectivity index (χ3n) is 3.50. The van der Waals surface area contributed by atoms with Gasteiger partial charge in [-0.3, -0.25) is 9.59 Å². The van der Waals surface area contributed by atoms with Gasteiger partial charge in [0.1, 0.15) is 0 Å². The maximum absolute atomic E-state index is 11.6. The topological polar surface area (TPSA) is 37.4 Å². The highest BCUT2D eigenvalue weighted by atomic mass is 16.2. The average Bonchev–Trinajstić information content (AvgIpc) is 2.80. The summed E-state index contributed by atoms with van der Waals surface area (Å²) in [6.07, 6.45) is 2.40. The molecule has 0 spiro atoms. The fraction of sp³-hybridized carbons (Fsp3) is 0.385. The van der Waals surface area contributed by atoms with Gasteiger partial charge >= 0.3 is 0 Å². The number of carbonyl (C=O) groups is 2. The van der Waals surface area contributed by atoms with E-state index in [2.05, 4.69) is 6.07 Å². The van der Waals surface area contributed by atoms with Crippen LogP contribution < -0.4 is 4.90 Å². The van der Waals surface area contributed by atoms with E-state index in [-0.39, 0.29) is 11.7 Å². The fourth-order valence-electron chi connectivity index (χ4n) is 2.66. The number of ketones is 1. The lowest BCUT2D eigenvalue weighted by atomic mass is 10.0. The number of fused-ring (bicyclic) bond motifs is 2. The Morgan fingerprint density at radius 2 is 2.00 bits per heavy atom. The molecule has 3 nitrogen and oxygen atoms in total. The van der Waals surface area contributed by atoms with Crippen LogP contribution in [0.1, 0.15) is 34.8 Å². The van der Waals surface area contributed by atoms with Gasteiger partial charge in [0.2, 0.25) is 5.91 Å². The van der Waals surface area contributed by atoms with Gasteiger partial charge in [-0.15, -0.1) is 0 Å². The molecule has 0 aromatic heterocycles. The molecular formula is C13H13NO2. The Hall–Kier alpha value is -1.64. The highest BCUT2D eigenvalue weighted by Gasteiger charge is 2.27. The highest BCUT2D eigenvalue weighted by Crippen LogP contribution is 2.34. The van der Waals surface area contributed by atoms with Gasteiger partial charge in [0.05, 0.1) is 0 Å². The van der Waals surface area contributed by atoms with Crippen LogP contribution in [0.2, 0.25) is 0 Å². The number of amides is 1. The van der Waals surface area contributed by atoms with Gasteiger partial charge in [-0.25, -0.2) is 0 Å². The van der Waals surface area contributed by atoms with E-state index < -0.39 is 0 Å². The molecule has 1 aliphatic carbocycles. The lowest BCUT2D eigenvalue weighted by Crippen LogP contribution is -2.25. The van der Waals surface area contributed by atoms with Crippen LogP contribution in [-0.2, 0) is 17.6 Å². The van der Waals surface area contributed by atoms with Crippen molar-refractivity contribution in [2.45, 2.75) is 26.2 Å². The van der Waals surface area contributed by atoms with E-state index in [0.29, 0.717) is 6.42 Å². The summed E-state index contributed by atoms with van der Waals surface area (Å²) in [5.74, 6) is 0.275. The average molecular weight is 215 g/mol. The predicted molar refractivity (Wildman–Crippen MR) is 60.8 cm³/mol. The van der Waals surface area contributed by atoms with Crippen LogP contribution in [0.3, 0.4) is 0 Å². The van der Waals surface area contributed by atoms with E-state index in [9.17, 15) is 9.59 Å². The largest absolute Gasteiger partial charge is 0.312 e. The molecule has 1 aromatic rings. The van der Waals surface area contributed by atoms with E-state index in [1.54, 1.807) is 11.8 Å². The molecule has 0 unspecified atom stereocenters. The van der Waals surface area contributed by atoms with Crippen LogP contribution in [0.15, 0.2) is 12.1 Å². The number of aryl methyl sites for hydroxylation is 1. The SMILES string of the molecule is CC(=O)N1CCc2cc3c(cc21)C(=O)CC3. The molecule has 0 radical (unpaired) electrons. The summed E-state index contributed by atoms with van der Waals surface area (Å²) >= 11 is 0. The van der Waals surface area contributed by atoms with Crippen LogP contribution in [0.5, 0.6) is 0 Å². The number of rotatable bonds is 0. The Balaban J connectivity index is 2.14. The lowest BCUT2D eigenvalue weighted by molar-refractivity contribution is -0.116. The predicted octanol–water partition coefficient (Wildman–Crippen LogP) is 1.72. The van der Waals surface area contributed by atoms with Gasteiger partial charge < -0.3 is 4.90 Å². The van der Waals surface area contributed by atoms with E-state index in [1.165, 1.54) is 5.56 Å². The molecule has 0 atom stereocenters. The maximum atomic E-state index is 11.6. The monoisotopic (exact) mass is 215 g/mol. The number of carbonyl (C=O) groups excluding carboxylic acids is 2. The zero-order chi connectivity index (χ0) is 11.3. The standard InChI is InChI=1S/C13H13NO2/c1-8(15)14-5-4-10-6-9-2-3-13(16)11(9)7-12(10)14/h6-7H,2-5H2,1H3. The van der Waals surface area contributed by atoms with Crippen molar-refractivity contribution >= 4 is 17.4 Å². The van der Waals surface area contributed by atoms with Crippen LogP contribution in [0.4, 0.5) is 5.69 Å². The molecule has 0 bridgehead atoms. The number of hydrogen-bond acceptors (Lipinski definition) is 2.